The molecule has 0 aliphatic rings. The molecule has 1 aromatic heterocycles. The van der Waals surface area contributed by atoms with Gasteiger partial charge in [-0.1, -0.05) is 12.1 Å². The van der Waals surface area contributed by atoms with Gasteiger partial charge < -0.3 is 34.9 Å². The molecule has 0 saturated carbocycles. The van der Waals surface area contributed by atoms with E-state index in [9.17, 15) is 9.59 Å². The van der Waals surface area contributed by atoms with Crippen molar-refractivity contribution in [2.24, 2.45) is 0 Å². The number of methoxy groups -OCH3 is 4. The normalized spacial score (nSPS) is 10.4. The molecule has 0 spiro atoms. The second-order valence-electron chi connectivity index (χ2n) is 8.37. The largest absolute Gasteiger partial charge is 0.495 e. The quantitative estimate of drug-likeness (QED) is 0.274. The summed E-state index contributed by atoms with van der Waals surface area (Å²) < 4.78 is 22.9. The van der Waals surface area contributed by atoms with E-state index in [-0.39, 0.29) is 5.91 Å². The summed E-state index contributed by atoms with van der Waals surface area (Å²) in [5.74, 6) is 1.47. The van der Waals surface area contributed by atoms with Crippen LogP contribution in [0.15, 0.2) is 67.0 Å². The number of urea groups is 1. The van der Waals surface area contributed by atoms with Gasteiger partial charge in [0.15, 0.2) is 11.5 Å². The molecule has 0 aliphatic heterocycles. The number of hydrogen-bond acceptors (Lipinski definition) is 7. The van der Waals surface area contributed by atoms with Crippen LogP contribution < -0.4 is 34.9 Å². The van der Waals surface area contributed by atoms with Gasteiger partial charge in [0.25, 0.3) is 5.91 Å². The van der Waals surface area contributed by atoms with Crippen LogP contribution >= 0.6 is 0 Å². The van der Waals surface area contributed by atoms with Gasteiger partial charge in [-0.3, -0.25) is 4.79 Å². The lowest BCUT2D eigenvalue weighted by molar-refractivity contribution is 0.102. The van der Waals surface area contributed by atoms with Crippen LogP contribution in [-0.4, -0.2) is 50.2 Å². The Morgan fingerprint density at radius 2 is 1.49 bits per heavy atom. The monoisotopic (exact) mass is 531 g/mol. The number of ether oxygens (including phenoxy) is 4. The first kappa shape index (κ1) is 26.9. The predicted octanol–water partition coefficient (Wildman–Crippen LogP) is 5.11. The molecule has 0 fully saturated rings. The van der Waals surface area contributed by atoms with Crippen molar-refractivity contribution in [2.45, 2.75) is 6.92 Å². The topological polar surface area (TPSA) is 125 Å². The summed E-state index contributed by atoms with van der Waals surface area (Å²) in [4.78, 5) is 25.6. The van der Waals surface area contributed by atoms with E-state index in [1.54, 1.807) is 53.3 Å². The summed E-state index contributed by atoms with van der Waals surface area (Å²) in [6, 6.07) is 15.2. The van der Waals surface area contributed by atoms with Crippen molar-refractivity contribution < 1.29 is 28.5 Å². The summed E-state index contributed by atoms with van der Waals surface area (Å²) in [5, 5.41) is 12.7. The Balaban J connectivity index is 1.47. The molecule has 0 atom stereocenters. The summed E-state index contributed by atoms with van der Waals surface area (Å²) in [7, 11) is 6.05. The number of nitrogens with zero attached hydrogens (tertiary/aromatic N) is 2. The average molecular weight is 532 g/mol. The second-order valence-corrected chi connectivity index (χ2v) is 8.37. The van der Waals surface area contributed by atoms with E-state index in [1.807, 2.05) is 19.1 Å². The summed E-state index contributed by atoms with van der Waals surface area (Å²) >= 11 is 0. The predicted molar refractivity (Wildman–Crippen MR) is 148 cm³/mol. The summed E-state index contributed by atoms with van der Waals surface area (Å²) in [6.07, 6.45) is 3.15. The highest BCUT2D eigenvalue weighted by atomic mass is 16.5. The Morgan fingerprint density at radius 1 is 0.769 bits per heavy atom. The maximum absolute atomic E-state index is 13.0. The van der Waals surface area contributed by atoms with Gasteiger partial charge in [0.1, 0.15) is 5.75 Å². The van der Waals surface area contributed by atoms with Gasteiger partial charge >= 0.3 is 6.03 Å². The molecule has 4 aromatic rings. The molecule has 39 heavy (non-hydrogen) atoms. The van der Waals surface area contributed by atoms with E-state index in [1.165, 1.54) is 34.6 Å². The minimum absolute atomic E-state index is 0.344. The number of amides is 3. The van der Waals surface area contributed by atoms with Gasteiger partial charge in [-0.25, -0.2) is 9.48 Å². The molecule has 1 heterocycles. The fourth-order valence-electron chi connectivity index (χ4n) is 3.88. The summed E-state index contributed by atoms with van der Waals surface area (Å²) in [6.45, 7) is 1.92. The fourth-order valence-corrected chi connectivity index (χ4v) is 3.88. The zero-order chi connectivity index (χ0) is 27.9. The van der Waals surface area contributed by atoms with Crippen molar-refractivity contribution in [1.29, 1.82) is 0 Å². The molecule has 11 nitrogen and oxygen atoms in total. The number of hydrogen-bond donors (Lipinski definition) is 3. The van der Waals surface area contributed by atoms with E-state index in [4.69, 9.17) is 18.9 Å². The van der Waals surface area contributed by atoms with Gasteiger partial charge in [0.05, 0.1) is 57.9 Å². The van der Waals surface area contributed by atoms with Crippen molar-refractivity contribution >= 4 is 29.0 Å². The first-order valence-electron chi connectivity index (χ1n) is 11.8. The third-order valence-corrected chi connectivity index (χ3v) is 5.74. The number of rotatable bonds is 9. The van der Waals surface area contributed by atoms with Crippen molar-refractivity contribution in [1.82, 2.24) is 9.78 Å². The number of anilines is 3. The first-order chi connectivity index (χ1) is 18.8. The molecule has 0 saturated heterocycles. The Bertz CT molecular complexity index is 1470. The molecular formula is C28H29N5O6. The maximum Gasteiger partial charge on any atom is 0.323 e. The average Bonchev–Trinajstić information content (AvgIpc) is 3.40. The smallest absolute Gasteiger partial charge is 0.323 e. The lowest BCUT2D eigenvalue weighted by atomic mass is 10.1. The number of aromatic nitrogens is 2. The van der Waals surface area contributed by atoms with Gasteiger partial charge in [-0.05, 0) is 42.8 Å². The SMILES string of the molecule is COc1ccc(C)cc1NC(=O)Nc1cnn(-c2cccc(C(=O)Nc3cc(OC)c(OC)c(OC)c3)c2)c1. The molecule has 202 valence electrons. The van der Waals surface area contributed by atoms with E-state index >= 15 is 0 Å². The van der Waals surface area contributed by atoms with E-state index in [0.717, 1.165) is 5.56 Å². The highest BCUT2D eigenvalue weighted by Crippen LogP contribution is 2.40. The highest BCUT2D eigenvalue weighted by molar-refractivity contribution is 6.05. The summed E-state index contributed by atoms with van der Waals surface area (Å²) in [5.41, 5.74) is 3.49. The first-order valence-corrected chi connectivity index (χ1v) is 11.8. The molecule has 0 bridgehead atoms. The van der Waals surface area contributed by atoms with Crippen LogP contribution in [-0.2, 0) is 0 Å². The molecule has 3 N–H and O–H groups in total. The van der Waals surface area contributed by atoms with Crippen LogP contribution in [0.2, 0.25) is 0 Å². The molecular weight excluding hydrogens is 502 g/mol. The minimum Gasteiger partial charge on any atom is -0.495 e. The van der Waals surface area contributed by atoms with Crippen molar-refractivity contribution in [3.63, 3.8) is 0 Å². The molecule has 0 unspecified atom stereocenters. The van der Waals surface area contributed by atoms with Gasteiger partial charge in [0.2, 0.25) is 5.75 Å². The minimum atomic E-state index is -0.447. The van der Waals surface area contributed by atoms with Crippen molar-refractivity contribution in [3.05, 3.63) is 78.1 Å². The lowest BCUT2D eigenvalue weighted by Gasteiger charge is -2.14. The zero-order valence-corrected chi connectivity index (χ0v) is 22.2. The fraction of sp³-hybridized carbons (Fsp3) is 0.179. The van der Waals surface area contributed by atoms with E-state index in [2.05, 4.69) is 21.0 Å². The Hall–Kier alpha value is -5.19. The van der Waals surface area contributed by atoms with Crippen LogP contribution in [0, 0.1) is 6.92 Å². The number of nitrogens with one attached hydrogen (secondary N) is 3. The number of benzene rings is 3. The second kappa shape index (κ2) is 11.9. The Kier molecular flexibility index (Phi) is 8.20. The number of carbonyl (C=O) groups is 2. The molecule has 0 aliphatic carbocycles. The van der Waals surface area contributed by atoms with Gasteiger partial charge in [0, 0.05) is 23.4 Å². The third-order valence-electron chi connectivity index (χ3n) is 5.74. The van der Waals surface area contributed by atoms with Crippen LogP contribution in [0.4, 0.5) is 21.9 Å². The number of aryl methyl sites for hydroxylation is 1. The third kappa shape index (κ3) is 6.21. The van der Waals surface area contributed by atoms with E-state index in [0.29, 0.717) is 51.3 Å². The van der Waals surface area contributed by atoms with Crippen LogP contribution in [0.3, 0.4) is 0 Å². The lowest BCUT2D eigenvalue weighted by Crippen LogP contribution is -2.19. The Morgan fingerprint density at radius 3 is 2.15 bits per heavy atom. The molecule has 4 rings (SSSR count). The van der Waals surface area contributed by atoms with Gasteiger partial charge in [-0.2, -0.15) is 5.10 Å². The van der Waals surface area contributed by atoms with Crippen molar-refractivity contribution in [3.8, 4) is 28.7 Å². The van der Waals surface area contributed by atoms with E-state index < -0.39 is 6.03 Å². The highest BCUT2D eigenvalue weighted by Gasteiger charge is 2.16. The van der Waals surface area contributed by atoms with Crippen LogP contribution in [0.1, 0.15) is 15.9 Å². The Labute approximate surface area is 225 Å². The number of carbonyl (C=O) groups excluding carboxylic acids is 2. The molecule has 11 heteroatoms. The molecule has 3 amide bonds. The van der Waals surface area contributed by atoms with Crippen molar-refractivity contribution in [2.75, 3.05) is 44.4 Å². The molecule has 3 aromatic carbocycles. The van der Waals surface area contributed by atoms with Gasteiger partial charge in [-0.15, -0.1) is 0 Å². The molecule has 0 radical (unpaired) electrons. The maximum atomic E-state index is 13.0. The van der Waals surface area contributed by atoms with Crippen LogP contribution in [0.25, 0.3) is 5.69 Å². The van der Waals surface area contributed by atoms with Crippen LogP contribution in [0.5, 0.6) is 23.0 Å². The standard InChI is InChI=1S/C28H29N5O6/c1-17-9-10-23(36-2)22(11-17)32-28(35)31-20-15-29-33(16-20)21-8-6-7-18(12-21)27(34)30-19-13-24(37-3)26(39-5)25(14-19)38-4/h6-16H,1-5H3,(H,30,34)(H2,31,32,35). The zero-order valence-electron chi connectivity index (χ0n) is 22.2.